The lowest BCUT2D eigenvalue weighted by molar-refractivity contribution is -0.146. The summed E-state index contributed by atoms with van der Waals surface area (Å²) >= 11 is 0. The molecule has 1 atom stereocenters. The number of rotatable bonds is 11. The van der Waals surface area contributed by atoms with Crippen molar-refractivity contribution in [2.24, 2.45) is 16.6 Å². The monoisotopic (exact) mass is 731 g/mol. The average Bonchev–Trinajstić information content (AvgIpc) is 3.36. The Hall–Kier alpha value is -5.38. The third-order valence-electron chi connectivity index (χ3n) is 10.3. The first-order chi connectivity index (χ1) is 25.5. The molecule has 0 spiro atoms. The highest BCUT2D eigenvalue weighted by atomic mass is 19.4. The van der Waals surface area contributed by atoms with E-state index in [1.165, 1.54) is 11.1 Å². The maximum absolute atomic E-state index is 13.1. The van der Waals surface area contributed by atoms with Crippen LogP contribution >= 0.6 is 0 Å². The number of alkyl halides is 3. The van der Waals surface area contributed by atoms with Crippen molar-refractivity contribution in [1.82, 2.24) is 25.1 Å². The minimum atomic E-state index is -4.21. The van der Waals surface area contributed by atoms with Crippen LogP contribution in [0.3, 0.4) is 0 Å². The summed E-state index contributed by atoms with van der Waals surface area (Å²) in [6, 6.07) is 9.85. The van der Waals surface area contributed by atoms with Gasteiger partial charge in [-0.2, -0.15) is 13.2 Å². The van der Waals surface area contributed by atoms with Crippen molar-refractivity contribution >= 4 is 57.8 Å². The van der Waals surface area contributed by atoms with Crippen LogP contribution in [0.2, 0.25) is 0 Å². The van der Waals surface area contributed by atoms with E-state index in [1.54, 1.807) is 30.6 Å². The number of nitrogens with zero attached hydrogens (tertiary/aromatic N) is 6. The summed E-state index contributed by atoms with van der Waals surface area (Å²) in [7, 11) is 0. The number of benzene rings is 2. The summed E-state index contributed by atoms with van der Waals surface area (Å²) in [5, 5.41) is 5.54. The van der Waals surface area contributed by atoms with E-state index in [9.17, 15) is 32.3 Å². The lowest BCUT2D eigenvalue weighted by Gasteiger charge is -2.36. The molecule has 7 rings (SSSR count). The molecule has 2 aromatic carbocycles. The largest absolute Gasteiger partial charge is 0.404 e. The van der Waals surface area contributed by atoms with Crippen molar-refractivity contribution in [3.63, 3.8) is 0 Å². The highest BCUT2D eigenvalue weighted by molar-refractivity contribution is 6.23. The summed E-state index contributed by atoms with van der Waals surface area (Å²) in [6.07, 6.45) is 4.63. The number of piperazine rings is 1. The normalized spacial score (nSPS) is 22.8. The van der Waals surface area contributed by atoms with Crippen LogP contribution in [0.5, 0.6) is 0 Å². The maximum Gasteiger partial charge on any atom is 0.401 e. The van der Waals surface area contributed by atoms with Crippen molar-refractivity contribution in [2.45, 2.75) is 56.8 Å². The number of aromatic nitrogens is 2. The molecule has 1 aromatic heterocycles. The minimum Gasteiger partial charge on any atom is -0.404 e. The van der Waals surface area contributed by atoms with Gasteiger partial charge in [-0.15, -0.1) is 0 Å². The van der Waals surface area contributed by atoms with Crippen LogP contribution in [-0.4, -0.2) is 107 Å². The number of allylic oxidation sites excluding steroid dienone is 1. The van der Waals surface area contributed by atoms with Gasteiger partial charge in [-0.3, -0.25) is 44.3 Å². The van der Waals surface area contributed by atoms with E-state index < -0.39 is 42.4 Å². The van der Waals surface area contributed by atoms with Crippen LogP contribution in [-0.2, 0) is 9.59 Å². The summed E-state index contributed by atoms with van der Waals surface area (Å²) in [5.41, 5.74) is 10.6. The van der Waals surface area contributed by atoms with Crippen molar-refractivity contribution in [1.29, 1.82) is 0 Å². The quantitative estimate of drug-likeness (QED) is 0.150. The summed E-state index contributed by atoms with van der Waals surface area (Å²) in [6.45, 7) is 1.42. The number of imide groups is 2. The van der Waals surface area contributed by atoms with Crippen LogP contribution in [0.15, 0.2) is 53.8 Å². The molecule has 1 aliphatic carbocycles. The van der Waals surface area contributed by atoms with Gasteiger partial charge in [0.1, 0.15) is 6.04 Å². The molecule has 278 valence electrons. The van der Waals surface area contributed by atoms with Crippen molar-refractivity contribution in [3.8, 4) is 0 Å². The van der Waals surface area contributed by atoms with Crippen LogP contribution in [0, 0.1) is 5.92 Å². The smallest absolute Gasteiger partial charge is 0.401 e. The molecule has 2 saturated heterocycles. The number of carbonyl (C=O) groups is 4. The summed E-state index contributed by atoms with van der Waals surface area (Å²) in [4.78, 5) is 68.4. The second-order valence-corrected chi connectivity index (χ2v) is 14.0. The number of piperidine rings is 1. The van der Waals surface area contributed by atoms with Crippen LogP contribution in [0.1, 0.15) is 64.9 Å². The number of halogens is 3. The zero-order valence-electron chi connectivity index (χ0n) is 28.9. The van der Waals surface area contributed by atoms with Crippen molar-refractivity contribution < 1.29 is 32.3 Å². The van der Waals surface area contributed by atoms with E-state index in [0.29, 0.717) is 66.6 Å². The van der Waals surface area contributed by atoms with E-state index in [2.05, 4.69) is 20.5 Å². The first kappa shape index (κ1) is 36.0. The fourth-order valence-electron chi connectivity index (χ4n) is 7.40. The zero-order chi connectivity index (χ0) is 37.3. The molecule has 4 aliphatic rings. The Morgan fingerprint density at radius 3 is 2.51 bits per heavy atom. The van der Waals surface area contributed by atoms with E-state index in [1.807, 2.05) is 18.2 Å². The lowest BCUT2D eigenvalue weighted by Crippen LogP contribution is -2.54. The number of nitrogens with one attached hydrogen (secondary N) is 2. The first-order valence-electron chi connectivity index (χ1n) is 17.8. The maximum atomic E-state index is 13.1. The number of nitrogens with two attached hydrogens (primary N) is 1. The number of amides is 4. The van der Waals surface area contributed by atoms with Gasteiger partial charge in [0.15, 0.2) is 0 Å². The predicted molar refractivity (Wildman–Crippen MR) is 192 cm³/mol. The lowest BCUT2D eigenvalue weighted by atomic mass is 9.78. The Bertz CT molecular complexity index is 1990. The number of carbonyl (C=O) groups excluding carboxylic acids is 4. The summed E-state index contributed by atoms with van der Waals surface area (Å²) < 4.78 is 38.4. The van der Waals surface area contributed by atoms with Gasteiger partial charge in [0.25, 0.3) is 11.8 Å². The van der Waals surface area contributed by atoms with Gasteiger partial charge >= 0.3 is 6.18 Å². The number of hydrogen-bond acceptors (Lipinski definition) is 11. The number of anilines is 2. The Morgan fingerprint density at radius 2 is 1.77 bits per heavy atom. The highest BCUT2D eigenvalue weighted by Crippen LogP contribution is 2.34. The van der Waals surface area contributed by atoms with Crippen molar-refractivity contribution in [2.75, 3.05) is 49.5 Å². The average molecular weight is 732 g/mol. The van der Waals surface area contributed by atoms with Crippen LogP contribution in [0.4, 0.5) is 24.5 Å². The first-order valence-corrected chi connectivity index (χ1v) is 17.8. The molecule has 0 radical (unpaired) electrons. The third kappa shape index (κ3) is 8.01. The van der Waals surface area contributed by atoms with Crippen LogP contribution < -0.4 is 21.3 Å². The van der Waals surface area contributed by atoms with Gasteiger partial charge in [0.2, 0.25) is 11.8 Å². The standard InChI is InChI=1S/C37H40F3N9O4/c38-37(39,40)21-47-10-12-48(13-11-47)26-4-6-29-30(17-26)45-31(20-44-29)23(18-41)19-43-25-14-22(15-25)2-1-9-42-24-3-5-27-28(16-24)36(53)49(35(27)52)32-7-8-33(50)46-34(32)51/h3-6,16-20,22,25,32,42H,1-2,7-15,21,41H2,(H,46,50,51). The molecule has 1 saturated carbocycles. The van der Waals surface area contributed by atoms with Gasteiger partial charge in [0.05, 0.1) is 46.6 Å². The van der Waals surface area contributed by atoms with E-state index in [0.717, 1.165) is 36.3 Å². The minimum absolute atomic E-state index is 0.0720. The molecule has 4 N–H and O–H groups in total. The molecule has 53 heavy (non-hydrogen) atoms. The van der Waals surface area contributed by atoms with Crippen LogP contribution in [0.25, 0.3) is 16.6 Å². The third-order valence-corrected chi connectivity index (χ3v) is 10.3. The number of fused-ring (bicyclic) bond motifs is 2. The zero-order valence-corrected chi connectivity index (χ0v) is 28.9. The second kappa shape index (κ2) is 14.9. The van der Waals surface area contributed by atoms with Gasteiger partial charge in [0, 0.05) is 68.5 Å². The van der Waals surface area contributed by atoms with Gasteiger partial charge in [-0.25, -0.2) is 4.98 Å². The van der Waals surface area contributed by atoms with Gasteiger partial charge in [-0.1, -0.05) is 0 Å². The molecule has 16 heteroatoms. The number of aliphatic imine (C=N–C) groups is 1. The molecule has 3 aromatic rings. The van der Waals surface area contributed by atoms with E-state index in [-0.39, 0.29) is 30.0 Å². The fraction of sp³-hybridized carbons (Fsp3) is 0.432. The van der Waals surface area contributed by atoms with E-state index >= 15 is 0 Å². The second-order valence-electron chi connectivity index (χ2n) is 14.0. The molecule has 3 aliphatic heterocycles. The molecule has 0 bridgehead atoms. The summed E-state index contributed by atoms with van der Waals surface area (Å²) in [5.74, 6) is -1.58. The Balaban J connectivity index is 0.862. The molecular formula is C37H40F3N9O4. The van der Waals surface area contributed by atoms with Crippen molar-refractivity contribution in [3.05, 3.63) is 65.6 Å². The molecule has 4 amide bonds. The van der Waals surface area contributed by atoms with Gasteiger partial charge < -0.3 is 16.0 Å². The molecule has 13 nitrogen and oxygen atoms in total. The molecule has 1 unspecified atom stereocenters. The van der Waals surface area contributed by atoms with E-state index in [4.69, 9.17) is 15.7 Å². The molecular weight excluding hydrogens is 691 g/mol. The Morgan fingerprint density at radius 1 is 1.00 bits per heavy atom. The Labute approximate surface area is 303 Å². The Kier molecular flexibility index (Phi) is 10.1. The SMILES string of the molecule is NC=C(C=NC1CC(CCCNc2ccc3c(c2)C(=O)N(C2CCC(=O)NC2=O)C3=O)C1)c1cnc2ccc(N3CCN(CC(F)(F)F)CC3)cc2n1. The predicted octanol–water partition coefficient (Wildman–Crippen LogP) is 3.76. The molecule has 3 fully saturated rings. The fourth-order valence-corrected chi connectivity index (χ4v) is 7.40. The molecule has 4 heterocycles. The highest BCUT2D eigenvalue weighted by Gasteiger charge is 2.44. The van der Waals surface area contributed by atoms with Gasteiger partial charge in [-0.05, 0) is 74.4 Å². The topological polar surface area (TPSA) is 166 Å². The number of hydrogen-bond donors (Lipinski definition) is 3.